The molecule has 0 heterocycles. The summed E-state index contributed by atoms with van der Waals surface area (Å²) >= 11 is 5.76. The molecule has 0 fully saturated rings. The predicted molar refractivity (Wildman–Crippen MR) is 72.5 cm³/mol. The van der Waals surface area contributed by atoms with E-state index < -0.39 is 6.04 Å². The number of amides is 2. The van der Waals surface area contributed by atoms with Crippen LogP contribution in [0, 0.1) is 5.92 Å². The molecule has 98 valence electrons. The molecule has 1 aromatic carbocycles. The van der Waals surface area contributed by atoms with Gasteiger partial charge >= 0.3 is 0 Å². The molecule has 0 bridgehead atoms. The van der Waals surface area contributed by atoms with Gasteiger partial charge < -0.3 is 10.6 Å². The standard InChI is InChI=1S/C13H17ClN2O2/c1-8(2)12(15-9(3)17)13(18)16-11-6-4-10(14)5-7-11/h4-8,12H,1-3H3,(H,15,17)(H,16,18)/t12-/m0/s1. The van der Waals surface area contributed by atoms with Crippen LogP contribution < -0.4 is 10.6 Å². The average Bonchev–Trinajstić information content (AvgIpc) is 2.28. The van der Waals surface area contributed by atoms with E-state index in [9.17, 15) is 9.59 Å². The van der Waals surface area contributed by atoms with Crippen molar-refractivity contribution in [2.75, 3.05) is 5.32 Å². The smallest absolute Gasteiger partial charge is 0.247 e. The number of anilines is 1. The van der Waals surface area contributed by atoms with Gasteiger partial charge in [0.15, 0.2) is 0 Å². The molecular formula is C13H17ClN2O2. The van der Waals surface area contributed by atoms with E-state index in [1.807, 2.05) is 13.8 Å². The van der Waals surface area contributed by atoms with Crippen molar-refractivity contribution < 1.29 is 9.59 Å². The highest BCUT2D eigenvalue weighted by atomic mass is 35.5. The Morgan fingerprint density at radius 2 is 1.72 bits per heavy atom. The molecule has 0 aliphatic carbocycles. The maximum atomic E-state index is 12.0. The average molecular weight is 269 g/mol. The van der Waals surface area contributed by atoms with Gasteiger partial charge in [-0.2, -0.15) is 0 Å². The summed E-state index contributed by atoms with van der Waals surface area (Å²) in [6.07, 6.45) is 0. The van der Waals surface area contributed by atoms with Gasteiger partial charge in [0.25, 0.3) is 0 Å². The third kappa shape index (κ3) is 4.37. The zero-order chi connectivity index (χ0) is 13.7. The van der Waals surface area contributed by atoms with Gasteiger partial charge in [0.2, 0.25) is 11.8 Å². The second kappa shape index (κ2) is 6.40. The maximum Gasteiger partial charge on any atom is 0.247 e. The fraction of sp³-hybridized carbons (Fsp3) is 0.385. The largest absolute Gasteiger partial charge is 0.344 e. The highest BCUT2D eigenvalue weighted by Gasteiger charge is 2.22. The molecular weight excluding hydrogens is 252 g/mol. The van der Waals surface area contributed by atoms with E-state index in [0.717, 1.165) is 0 Å². The maximum absolute atomic E-state index is 12.0. The van der Waals surface area contributed by atoms with Crippen molar-refractivity contribution in [2.45, 2.75) is 26.8 Å². The highest BCUT2D eigenvalue weighted by molar-refractivity contribution is 6.30. The summed E-state index contributed by atoms with van der Waals surface area (Å²) < 4.78 is 0. The Bertz CT molecular complexity index is 429. The van der Waals surface area contributed by atoms with Crippen molar-refractivity contribution >= 4 is 29.1 Å². The molecule has 0 unspecified atom stereocenters. The predicted octanol–water partition coefficient (Wildman–Crippen LogP) is 2.44. The number of carbonyl (C=O) groups is 2. The van der Waals surface area contributed by atoms with Crippen LogP contribution in [0.2, 0.25) is 5.02 Å². The summed E-state index contributed by atoms with van der Waals surface area (Å²) in [5.74, 6) is -0.441. The molecule has 5 heteroatoms. The van der Waals surface area contributed by atoms with Crippen LogP contribution in [-0.2, 0) is 9.59 Å². The molecule has 1 atom stereocenters. The summed E-state index contributed by atoms with van der Waals surface area (Å²) in [6.45, 7) is 5.15. The molecule has 0 aromatic heterocycles. The van der Waals surface area contributed by atoms with Crippen LogP contribution in [0.5, 0.6) is 0 Å². The van der Waals surface area contributed by atoms with Crippen LogP contribution in [0.15, 0.2) is 24.3 Å². The van der Waals surface area contributed by atoms with Crippen molar-refractivity contribution in [1.29, 1.82) is 0 Å². The minimum absolute atomic E-state index is 0.0150. The van der Waals surface area contributed by atoms with E-state index in [-0.39, 0.29) is 17.7 Å². The Balaban J connectivity index is 2.72. The Labute approximate surface area is 112 Å². The number of hydrogen-bond donors (Lipinski definition) is 2. The quantitative estimate of drug-likeness (QED) is 0.881. The monoisotopic (exact) mass is 268 g/mol. The molecule has 1 rings (SSSR count). The Kier molecular flexibility index (Phi) is 5.16. The Morgan fingerprint density at radius 1 is 1.17 bits per heavy atom. The number of halogens is 1. The third-order valence-corrected chi connectivity index (χ3v) is 2.67. The number of rotatable bonds is 4. The molecule has 0 saturated heterocycles. The second-order valence-electron chi connectivity index (χ2n) is 4.42. The van der Waals surface area contributed by atoms with Gasteiger partial charge in [-0.25, -0.2) is 0 Å². The molecule has 18 heavy (non-hydrogen) atoms. The Hall–Kier alpha value is -1.55. The first kappa shape index (κ1) is 14.5. The lowest BCUT2D eigenvalue weighted by Crippen LogP contribution is -2.46. The minimum atomic E-state index is -0.543. The summed E-state index contributed by atoms with van der Waals surface area (Å²) in [4.78, 5) is 23.1. The van der Waals surface area contributed by atoms with E-state index in [1.54, 1.807) is 24.3 Å². The van der Waals surface area contributed by atoms with Crippen molar-refractivity contribution in [1.82, 2.24) is 5.32 Å². The zero-order valence-electron chi connectivity index (χ0n) is 10.7. The summed E-state index contributed by atoms with van der Waals surface area (Å²) in [5.41, 5.74) is 0.653. The van der Waals surface area contributed by atoms with Crippen LogP contribution in [0.1, 0.15) is 20.8 Å². The van der Waals surface area contributed by atoms with Crippen LogP contribution in [0.25, 0.3) is 0 Å². The summed E-state index contributed by atoms with van der Waals surface area (Å²) in [6, 6.07) is 6.27. The third-order valence-electron chi connectivity index (χ3n) is 2.42. The second-order valence-corrected chi connectivity index (χ2v) is 4.85. The van der Waals surface area contributed by atoms with Gasteiger partial charge in [-0.3, -0.25) is 9.59 Å². The molecule has 1 aromatic rings. The first-order chi connectivity index (χ1) is 8.40. The molecule has 2 N–H and O–H groups in total. The van der Waals surface area contributed by atoms with Crippen molar-refractivity contribution in [3.63, 3.8) is 0 Å². The number of nitrogens with one attached hydrogen (secondary N) is 2. The van der Waals surface area contributed by atoms with Gasteiger partial charge in [0, 0.05) is 17.6 Å². The topological polar surface area (TPSA) is 58.2 Å². The van der Waals surface area contributed by atoms with E-state index in [1.165, 1.54) is 6.92 Å². The molecule has 2 amide bonds. The number of hydrogen-bond acceptors (Lipinski definition) is 2. The van der Waals surface area contributed by atoms with Crippen LogP contribution in [-0.4, -0.2) is 17.9 Å². The SMILES string of the molecule is CC(=O)N[C@H](C(=O)Nc1ccc(Cl)cc1)C(C)C. The van der Waals surface area contributed by atoms with Crippen LogP contribution >= 0.6 is 11.6 Å². The van der Waals surface area contributed by atoms with Gasteiger partial charge in [-0.05, 0) is 30.2 Å². The molecule has 0 saturated carbocycles. The minimum Gasteiger partial charge on any atom is -0.344 e. The lowest BCUT2D eigenvalue weighted by Gasteiger charge is -2.20. The van der Waals surface area contributed by atoms with Gasteiger partial charge in [-0.1, -0.05) is 25.4 Å². The van der Waals surface area contributed by atoms with E-state index in [2.05, 4.69) is 10.6 Å². The molecule has 0 spiro atoms. The lowest BCUT2D eigenvalue weighted by atomic mass is 10.0. The fourth-order valence-corrected chi connectivity index (χ4v) is 1.63. The molecule has 0 radical (unpaired) electrons. The zero-order valence-corrected chi connectivity index (χ0v) is 11.4. The van der Waals surface area contributed by atoms with E-state index >= 15 is 0 Å². The number of carbonyl (C=O) groups excluding carboxylic acids is 2. The van der Waals surface area contributed by atoms with Gasteiger partial charge in [0.1, 0.15) is 6.04 Å². The van der Waals surface area contributed by atoms with Gasteiger partial charge in [0.05, 0.1) is 0 Å². The molecule has 0 aliphatic rings. The van der Waals surface area contributed by atoms with E-state index in [4.69, 9.17) is 11.6 Å². The van der Waals surface area contributed by atoms with Crippen molar-refractivity contribution in [3.05, 3.63) is 29.3 Å². The normalized spacial score (nSPS) is 12.1. The molecule has 4 nitrogen and oxygen atoms in total. The van der Waals surface area contributed by atoms with Gasteiger partial charge in [-0.15, -0.1) is 0 Å². The van der Waals surface area contributed by atoms with Crippen molar-refractivity contribution in [3.8, 4) is 0 Å². The fourth-order valence-electron chi connectivity index (χ4n) is 1.51. The first-order valence-corrected chi connectivity index (χ1v) is 6.11. The molecule has 0 aliphatic heterocycles. The summed E-state index contributed by atoms with van der Waals surface area (Å²) in [5, 5.41) is 5.98. The lowest BCUT2D eigenvalue weighted by molar-refractivity contribution is -0.126. The highest BCUT2D eigenvalue weighted by Crippen LogP contribution is 2.14. The Morgan fingerprint density at radius 3 is 2.17 bits per heavy atom. The number of benzene rings is 1. The van der Waals surface area contributed by atoms with Crippen LogP contribution in [0.3, 0.4) is 0 Å². The van der Waals surface area contributed by atoms with Crippen molar-refractivity contribution in [2.24, 2.45) is 5.92 Å². The first-order valence-electron chi connectivity index (χ1n) is 5.73. The summed E-state index contributed by atoms with van der Waals surface area (Å²) in [7, 11) is 0. The van der Waals surface area contributed by atoms with E-state index in [0.29, 0.717) is 10.7 Å². The van der Waals surface area contributed by atoms with Crippen LogP contribution in [0.4, 0.5) is 5.69 Å².